The van der Waals surface area contributed by atoms with Gasteiger partial charge >= 0.3 is 7.12 Å². The first-order valence-corrected chi connectivity index (χ1v) is 9.23. The summed E-state index contributed by atoms with van der Waals surface area (Å²) in [7, 11) is -0.462. The van der Waals surface area contributed by atoms with Gasteiger partial charge in [0.05, 0.1) is 11.2 Å². The Kier molecular flexibility index (Phi) is 4.32. The zero-order valence-electron chi connectivity index (χ0n) is 16.6. The van der Waals surface area contributed by atoms with Crippen molar-refractivity contribution in [2.45, 2.75) is 77.9 Å². The molecule has 1 aromatic carbocycles. The number of nitrogens with zero attached hydrogens (tertiary/aromatic N) is 1. The summed E-state index contributed by atoms with van der Waals surface area (Å²) in [6, 6.07) is 6.34. The Morgan fingerprint density at radius 2 is 1.68 bits per heavy atom. The van der Waals surface area contributed by atoms with E-state index in [0.717, 1.165) is 24.1 Å². The van der Waals surface area contributed by atoms with E-state index >= 15 is 0 Å². The minimum Gasteiger partial charge on any atom is -0.399 e. The van der Waals surface area contributed by atoms with Crippen LogP contribution in [0.5, 0.6) is 0 Å². The number of anilines is 1. The van der Waals surface area contributed by atoms with Crippen LogP contribution in [0.3, 0.4) is 0 Å². The van der Waals surface area contributed by atoms with E-state index in [1.165, 1.54) is 5.56 Å². The Morgan fingerprint density at radius 1 is 1.08 bits per heavy atom. The van der Waals surface area contributed by atoms with Gasteiger partial charge in [0.1, 0.15) is 0 Å². The van der Waals surface area contributed by atoms with Crippen LogP contribution in [0.4, 0.5) is 5.69 Å². The monoisotopic (exact) mass is 343 g/mol. The molecule has 0 aliphatic carbocycles. The SMILES string of the molecule is CC(C)(C)c1ccc(N2CCCC2=O)c(B2OC(C)(C)C(C)(C)O2)c1. The second-order valence-corrected chi connectivity index (χ2v) is 9.26. The van der Waals surface area contributed by atoms with E-state index < -0.39 is 18.3 Å². The third-order valence-corrected chi connectivity index (χ3v) is 5.76. The van der Waals surface area contributed by atoms with E-state index in [1.54, 1.807) is 0 Å². The predicted octanol–water partition coefficient (Wildman–Crippen LogP) is 3.41. The van der Waals surface area contributed by atoms with E-state index in [-0.39, 0.29) is 11.3 Å². The van der Waals surface area contributed by atoms with Crippen molar-refractivity contribution < 1.29 is 14.1 Å². The Balaban J connectivity index is 2.07. The molecule has 0 bridgehead atoms. The first-order valence-electron chi connectivity index (χ1n) is 9.23. The average molecular weight is 343 g/mol. The van der Waals surface area contributed by atoms with Crippen molar-refractivity contribution in [2.75, 3.05) is 11.4 Å². The number of carbonyl (C=O) groups excluding carboxylic acids is 1. The van der Waals surface area contributed by atoms with Crippen molar-refractivity contribution in [2.24, 2.45) is 0 Å². The van der Waals surface area contributed by atoms with Gasteiger partial charge in [-0.15, -0.1) is 0 Å². The molecule has 0 radical (unpaired) electrons. The lowest BCUT2D eigenvalue weighted by Crippen LogP contribution is -2.41. The molecule has 0 unspecified atom stereocenters. The van der Waals surface area contributed by atoms with Crippen LogP contribution in [0.15, 0.2) is 18.2 Å². The van der Waals surface area contributed by atoms with Gasteiger partial charge in [0.25, 0.3) is 0 Å². The first kappa shape index (κ1) is 18.5. The van der Waals surface area contributed by atoms with Crippen LogP contribution >= 0.6 is 0 Å². The second-order valence-electron chi connectivity index (χ2n) is 9.26. The molecule has 25 heavy (non-hydrogen) atoms. The third kappa shape index (κ3) is 3.24. The van der Waals surface area contributed by atoms with Gasteiger partial charge in [0, 0.05) is 24.1 Å². The summed E-state index contributed by atoms with van der Waals surface area (Å²) in [6.45, 7) is 15.6. The van der Waals surface area contributed by atoms with Gasteiger partial charge < -0.3 is 14.2 Å². The molecule has 2 heterocycles. The van der Waals surface area contributed by atoms with E-state index in [9.17, 15) is 4.79 Å². The number of amides is 1. The topological polar surface area (TPSA) is 38.8 Å². The van der Waals surface area contributed by atoms with Gasteiger partial charge in [-0.1, -0.05) is 32.9 Å². The molecule has 2 fully saturated rings. The fourth-order valence-electron chi connectivity index (χ4n) is 3.33. The van der Waals surface area contributed by atoms with E-state index in [1.807, 2.05) is 4.90 Å². The van der Waals surface area contributed by atoms with Crippen molar-refractivity contribution in [1.82, 2.24) is 0 Å². The first-order chi connectivity index (χ1) is 11.4. The van der Waals surface area contributed by atoms with Crippen molar-refractivity contribution in [3.8, 4) is 0 Å². The molecule has 0 saturated carbocycles. The molecule has 0 N–H and O–H groups in total. The number of carbonyl (C=O) groups is 1. The zero-order valence-corrected chi connectivity index (χ0v) is 16.6. The highest BCUT2D eigenvalue weighted by molar-refractivity contribution is 6.64. The molecular formula is C20H30BNO3. The number of benzene rings is 1. The molecule has 2 saturated heterocycles. The predicted molar refractivity (Wildman–Crippen MR) is 102 cm³/mol. The third-order valence-electron chi connectivity index (χ3n) is 5.76. The fraction of sp³-hybridized carbons (Fsp3) is 0.650. The summed E-state index contributed by atoms with van der Waals surface area (Å²) < 4.78 is 12.6. The maximum absolute atomic E-state index is 12.3. The van der Waals surface area contributed by atoms with Gasteiger partial charge in [-0.3, -0.25) is 4.79 Å². The molecule has 3 rings (SSSR count). The molecule has 2 aliphatic heterocycles. The number of hydrogen-bond acceptors (Lipinski definition) is 3. The van der Waals surface area contributed by atoms with Gasteiger partial charge in [-0.2, -0.15) is 0 Å². The van der Waals surface area contributed by atoms with Crippen molar-refractivity contribution in [3.63, 3.8) is 0 Å². The molecule has 1 amide bonds. The molecule has 2 aliphatic rings. The zero-order chi connectivity index (χ0) is 18.6. The maximum atomic E-state index is 12.3. The molecule has 0 aromatic heterocycles. The van der Waals surface area contributed by atoms with Gasteiger partial charge in [-0.25, -0.2) is 0 Å². The fourth-order valence-corrected chi connectivity index (χ4v) is 3.33. The number of hydrogen-bond donors (Lipinski definition) is 0. The molecule has 0 atom stereocenters. The summed E-state index contributed by atoms with van der Waals surface area (Å²) in [4.78, 5) is 14.2. The minimum absolute atomic E-state index is 0.0198. The largest absolute Gasteiger partial charge is 0.496 e. The molecule has 0 spiro atoms. The Bertz CT molecular complexity index is 675. The molecule has 1 aromatic rings. The molecule has 4 nitrogen and oxygen atoms in total. The van der Waals surface area contributed by atoms with Crippen LogP contribution < -0.4 is 10.4 Å². The Hall–Kier alpha value is -1.33. The van der Waals surface area contributed by atoms with Gasteiger partial charge in [0.2, 0.25) is 5.91 Å². The van der Waals surface area contributed by atoms with Crippen LogP contribution in [0.25, 0.3) is 0 Å². The normalized spacial score (nSPS) is 22.8. The average Bonchev–Trinajstić information content (AvgIpc) is 2.98. The standard InChI is InChI=1S/C20H30BNO3/c1-18(2,3)14-10-11-16(22-12-8-9-17(22)23)15(13-14)21-24-19(4,5)20(6,7)25-21/h10-11,13H,8-9,12H2,1-7H3. The summed E-state index contributed by atoms with van der Waals surface area (Å²) >= 11 is 0. The molecular weight excluding hydrogens is 313 g/mol. The summed E-state index contributed by atoms with van der Waals surface area (Å²) in [5.74, 6) is 0.182. The molecule has 5 heteroatoms. The number of rotatable bonds is 2. The van der Waals surface area contributed by atoms with Crippen molar-refractivity contribution in [1.29, 1.82) is 0 Å². The lowest BCUT2D eigenvalue weighted by atomic mass is 9.74. The Labute approximate surface area is 152 Å². The van der Waals surface area contributed by atoms with Crippen LogP contribution in [0, 0.1) is 0 Å². The highest BCUT2D eigenvalue weighted by atomic mass is 16.7. The lowest BCUT2D eigenvalue weighted by Gasteiger charge is -2.32. The van der Waals surface area contributed by atoms with Crippen LogP contribution in [-0.2, 0) is 19.5 Å². The highest BCUT2D eigenvalue weighted by Crippen LogP contribution is 2.38. The van der Waals surface area contributed by atoms with Crippen molar-refractivity contribution >= 4 is 24.2 Å². The summed E-state index contributed by atoms with van der Waals surface area (Å²) in [5.41, 5.74) is 2.32. The van der Waals surface area contributed by atoms with Gasteiger partial charge in [-0.05, 0) is 51.2 Å². The van der Waals surface area contributed by atoms with E-state index in [4.69, 9.17) is 9.31 Å². The van der Waals surface area contributed by atoms with E-state index in [0.29, 0.717) is 6.42 Å². The summed E-state index contributed by atoms with van der Waals surface area (Å²) in [6.07, 6.45) is 1.52. The van der Waals surface area contributed by atoms with Crippen LogP contribution in [0.1, 0.15) is 66.9 Å². The maximum Gasteiger partial charge on any atom is 0.496 e. The highest BCUT2D eigenvalue weighted by Gasteiger charge is 2.52. The van der Waals surface area contributed by atoms with Crippen LogP contribution in [-0.4, -0.2) is 30.8 Å². The molecule has 136 valence electrons. The smallest absolute Gasteiger partial charge is 0.399 e. The van der Waals surface area contributed by atoms with E-state index in [2.05, 4.69) is 66.7 Å². The second kappa shape index (κ2) is 5.85. The summed E-state index contributed by atoms with van der Waals surface area (Å²) in [5, 5.41) is 0. The van der Waals surface area contributed by atoms with Crippen molar-refractivity contribution in [3.05, 3.63) is 23.8 Å². The van der Waals surface area contributed by atoms with Gasteiger partial charge in [0.15, 0.2) is 0 Å². The van der Waals surface area contributed by atoms with Crippen LogP contribution in [0.2, 0.25) is 0 Å². The Morgan fingerprint density at radius 3 is 2.16 bits per heavy atom. The quantitative estimate of drug-likeness (QED) is 0.773. The minimum atomic E-state index is -0.462. The lowest BCUT2D eigenvalue weighted by molar-refractivity contribution is -0.117.